The molecule has 2 N–H and O–H groups in total. The molecule has 2 aromatic rings. The van der Waals surface area contributed by atoms with E-state index < -0.39 is 42.0 Å². The van der Waals surface area contributed by atoms with Crippen molar-refractivity contribution in [3.63, 3.8) is 0 Å². The number of nitrogens with one attached hydrogen (secondary N) is 2. The van der Waals surface area contributed by atoms with Gasteiger partial charge in [-0.3, -0.25) is 28.9 Å². The average Bonchev–Trinajstić information content (AvgIpc) is 3.65. The fourth-order valence-corrected chi connectivity index (χ4v) is 8.02. The summed E-state index contributed by atoms with van der Waals surface area (Å²) in [6, 6.07) is -1.94. The molecule has 2 fully saturated rings. The number of esters is 2. The number of rotatable bonds is 17. The van der Waals surface area contributed by atoms with Gasteiger partial charge in [-0.1, -0.05) is 20.8 Å². The molecule has 4 rings (SSSR count). The number of thiazole rings is 2. The Kier molecular flexibility index (Phi) is 14.5. The van der Waals surface area contributed by atoms with Gasteiger partial charge in [-0.25, -0.2) is 9.97 Å². The molecule has 0 bridgehead atoms. The van der Waals surface area contributed by atoms with E-state index in [4.69, 9.17) is 14.2 Å². The Balaban J connectivity index is 1.49. The van der Waals surface area contributed by atoms with Crippen LogP contribution >= 0.6 is 22.7 Å². The van der Waals surface area contributed by atoms with Gasteiger partial charge in [0.25, 0.3) is 5.91 Å². The SMILES string of the molecule is COC(=O)[C@@H](C)C[C@H](Cc1nc(C)cs1)NC(=O)c1csc([C@@H](C[C@H](C(C)C)N(C)C(=O)[C@@H](NC(=O)[C@H]2COCCN2C)C2CC2)OC(C)=O)n1. The highest BCUT2D eigenvalue weighted by Crippen LogP contribution is 2.35. The number of nitrogens with zero attached hydrogens (tertiary/aromatic N) is 4. The van der Waals surface area contributed by atoms with Crippen LogP contribution in [0.2, 0.25) is 0 Å². The van der Waals surface area contributed by atoms with Crippen LogP contribution in [0.5, 0.6) is 0 Å². The van der Waals surface area contributed by atoms with Crippen LogP contribution in [-0.2, 0) is 39.8 Å². The monoisotopic (exact) mass is 748 g/mol. The van der Waals surface area contributed by atoms with E-state index in [-0.39, 0.29) is 54.4 Å². The smallest absolute Gasteiger partial charge is 0.308 e. The largest absolute Gasteiger partial charge is 0.469 e. The van der Waals surface area contributed by atoms with Gasteiger partial charge in [-0.05, 0) is 45.1 Å². The minimum Gasteiger partial charge on any atom is -0.469 e. The van der Waals surface area contributed by atoms with Gasteiger partial charge in [0.2, 0.25) is 11.8 Å². The first-order chi connectivity index (χ1) is 24.2. The quantitative estimate of drug-likeness (QED) is 0.228. The van der Waals surface area contributed by atoms with Crippen molar-refractivity contribution in [1.29, 1.82) is 0 Å². The molecule has 1 saturated carbocycles. The second kappa shape index (κ2) is 18.3. The number of carbonyl (C=O) groups is 5. The second-order valence-corrected chi connectivity index (χ2v) is 15.8. The van der Waals surface area contributed by atoms with Crippen LogP contribution < -0.4 is 10.6 Å². The number of hydrogen-bond donors (Lipinski definition) is 2. The molecule has 14 nitrogen and oxygen atoms in total. The van der Waals surface area contributed by atoms with E-state index in [1.807, 2.05) is 38.1 Å². The highest BCUT2D eigenvalue weighted by molar-refractivity contribution is 7.10. The van der Waals surface area contributed by atoms with Crippen molar-refractivity contribution in [3.8, 4) is 0 Å². The molecule has 1 saturated heterocycles. The molecule has 3 heterocycles. The molecule has 1 aliphatic heterocycles. The van der Waals surface area contributed by atoms with E-state index in [1.54, 1.807) is 24.3 Å². The zero-order valence-electron chi connectivity index (χ0n) is 30.8. The van der Waals surface area contributed by atoms with Gasteiger partial charge in [-0.15, -0.1) is 22.7 Å². The number of morpholine rings is 1. The molecule has 2 aromatic heterocycles. The minimum absolute atomic E-state index is 0.0415. The first-order valence-electron chi connectivity index (χ1n) is 17.5. The maximum atomic E-state index is 14.0. The molecule has 16 heteroatoms. The number of likely N-dealkylation sites (N-methyl/N-ethyl adjacent to an activating group) is 2. The third-order valence-corrected chi connectivity index (χ3v) is 11.4. The summed E-state index contributed by atoms with van der Waals surface area (Å²) in [6.45, 7) is 10.4. The predicted molar refractivity (Wildman–Crippen MR) is 192 cm³/mol. The Morgan fingerprint density at radius 3 is 2.39 bits per heavy atom. The number of hydrogen-bond acceptors (Lipinski definition) is 13. The van der Waals surface area contributed by atoms with Crippen LogP contribution in [0.3, 0.4) is 0 Å². The Hall–Kier alpha value is -3.47. The lowest BCUT2D eigenvalue weighted by Crippen LogP contribution is -2.58. The fourth-order valence-electron chi connectivity index (χ4n) is 6.33. The maximum absolute atomic E-state index is 14.0. The van der Waals surface area contributed by atoms with Gasteiger partial charge in [0.15, 0.2) is 6.10 Å². The lowest BCUT2D eigenvalue weighted by atomic mass is 9.95. The van der Waals surface area contributed by atoms with Crippen LogP contribution in [0.25, 0.3) is 0 Å². The number of carbonyl (C=O) groups excluding carboxylic acids is 5. The van der Waals surface area contributed by atoms with Crippen molar-refractivity contribution in [2.75, 3.05) is 41.0 Å². The number of ether oxygens (including phenoxy) is 3. The highest BCUT2D eigenvalue weighted by Gasteiger charge is 2.42. The van der Waals surface area contributed by atoms with Crippen molar-refractivity contribution < 1.29 is 38.2 Å². The maximum Gasteiger partial charge on any atom is 0.308 e. The molecule has 282 valence electrons. The van der Waals surface area contributed by atoms with Crippen LogP contribution in [0.4, 0.5) is 0 Å². The topological polar surface area (TPSA) is 169 Å². The average molecular weight is 749 g/mol. The van der Waals surface area contributed by atoms with Gasteiger partial charge >= 0.3 is 11.9 Å². The summed E-state index contributed by atoms with van der Waals surface area (Å²) in [5.41, 5.74) is 1.03. The Labute approximate surface area is 308 Å². The van der Waals surface area contributed by atoms with Gasteiger partial charge in [0.1, 0.15) is 22.8 Å². The van der Waals surface area contributed by atoms with E-state index in [1.165, 1.54) is 36.7 Å². The van der Waals surface area contributed by atoms with Crippen LogP contribution in [-0.4, -0.2) is 115 Å². The summed E-state index contributed by atoms with van der Waals surface area (Å²) in [4.78, 5) is 78.0. The van der Waals surface area contributed by atoms with E-state index in [0.717, 1.165) is 23.5 Å². The van der Waals surface area contributed by atoms with Crippen molar-refractivity contribution in [2.24, 2.45) is 17.8 Å². The molecular weight excluding hydrogens is 697 g/mol. The van der Waals surface area contributed by atoms with Crippen molar-refractivity contribution >= 4 is 52.3 Å². The standard InChI is InChI=1S/C35H52N6O8S2/c1-19(2)26(41(7)34(45)30(23-9-10-23)39-32(44)27-16-48-12-11-40(27)6)15-28(49-22(5)42)33-38-25(18-51-33)31(43)37-24(13-20(3)35(46)47-8)14-29-36-21(4)17-50-29/h17-20,23-24,26-28,30H,9-16H2,1-8H3,(H,37,43)(H,39,44)/t20-,24+,26+,27+,28+,30-/m0/s1. The minimum atomic E-state index is -0.827. The number of methoxy groups -OCH3 is 1. The molecule has 0 spiro atoms. The van der Waals surface area contributed by atoms with Crippen LogP contribution in [0, 0.1) is 24.7 Å². The fraction of sp³-hybridized carbons (Fsp3) is 0.686. The lowest BCUT2D eigenvalue weighted by Gasteiger charge is -2.37. The first kappa shape index (κ1) is 40.3. The first-order valence-corrected chi connectivity index (χ1v) is 19.2. The van der Waals surface area contributed by atoms with Gasteiger partial charge in [-0.2, -0.15) is 0 Å². The summed E-state index contributed by atoms with van der Waals surface area (Å²) < 4.78 is 16.2. The van der Waals surface area contributed by atoms with Crippen molar-refractivity contribution in [1.82, 2.24) is 30.4 Å². The molecule has 2 aliphatic rings. The van der Waals surface area contributed by atoms with E-state index in [0.29, 0.717) is 31.0 Å². The molecule has 1 aliphatic carbocycles. The van der Waals surface area contributed by atoms with Crippen LogP contribution in [0.1, 0.15) is 85.7 Å². The third kappa shape index (κ3) is 11.3. The lowest BCUT2D eigenvalue weighted by molar-refractivity contribution is -0.149. The van der Waals surface area contributed by atoms with Crippen molar-refractivity contribution in [2.45, 2.75) is 97.0 Å². The van der Waals surface area contributed by atoms with Crippen molar-refractivity contribution in [3.05, 3.63) is 32.2 Å². The molecule has 0 aromatic carbocycles. The molecule has 0 unspecified atom stereocenters. The number of aromatic nitrogens is 2. The van der Waals surface area contributed by atoms with E-state index in [2.05, 4.69) is 20.6 Å². The second-order valence-electron chi connectivity index (χ2n) is 14.0. The summed E-state index contributed by atoms with van der Waals surface area (Å²) in [6.07, 6.45) is 1.88. The summed E-state index contributed by atoms with van der Waals surface area (Å²) >= 11 is 2.68. The number of aryl methyl sites for hydroxylation is 1. The molecular formula is C35H52N6O8S2. The highest BCUT2D eigenvalue weighted by atomic mass is 32.1. The Morgan fingerprint density at radius 1 is 1.08 bits per heavy atom. The summed E-state index contributed by atoms with van der Waals surface area (Å²) in [7, 11) is 4.92. The van der Waals surface area contributed by atoms with Crippen LogP contribution in [0.15, 0.2) is 10.8 Å². The predicted octanol–water partition coefficient (Wildman–Crippen LogP) is 3.15. The zero-order chi connectivity index (χ0) is 37.4. The number of amides is 3. The molecule has 3 amide bonds. The summed E-state index contributed by atoms with van der Waals surface area (Å²) in [5, 5.41) is 10.8. The normalized spacial score (nSPS) is 19.4. The molecule has 6 atom stereocenters. The van der Waals surface area contributed by atoms with Gasteiger partial charge in [0.05, 0.1) is 31.2 Å². The zero-order valence-corrected chi connectivity index (χ0v) is 32.4. The molecule has 0 radical (unpaired) electrons. The molecule has 51 heavy (non-hydrogen) atoms. The Bertz CT molecular complexity index is 1530. The van der Waals surface area contributed by atoms with E-state index >= 15 is 0 Å². The third-order valence-electron chi connectivity index (χ3n) is 9.43. The van der Waals surface area contributed by atoms with Gasteiger partial charge < -0.3 is 29.7 Å². The van der Waals surface area contributed by atoms with Gasteiger partial charge in [0, 0.05) is 61.9 Å². The van der Waals surface area contributed by atoms with E-state index in [9.17, 15) is 24.0 Å². The Morgan fingerprint density at radius 2 is 1.80 bits per heavy atom. The summed E-state index contributed by atoms with van der Waals surface area (Å²) in [5.74, 6) is -2.20.